The Balaban J connectivity index is 0.00000512. The third-order valence-electron chi connectivity index (χ3n) is 5.69. The van der Waals surface area contributed by atoms with E-state index in [-0.39, 0.29) is 35.4 Å². The van der Waals surface area contributed by atoms with Gasteiger partial charge in [-0.25, -0.2) is 0 Å². The molecule has 1 aromatic heterocycles. The van der Waals surface area contributed by atoms with Crippen LogP contribution in [0.25, 0.3) is 0 Å². The Morgan fingerprint density at radius 2 is 1.84 bits per heavy atom. The molecule has 1 aromatic carbocycles. The minimum Gasteiger partial charge on any atom is -0.493 e. The molecule has 2 aromatic rings. The van der Waals surface area contributed by atoms with Crippen LogP contribution >= 0.6 is 24.0 Å². The van der Waals surface area contributed by atoms with E-state index in [0.29, 0.717) is 6.54 Å². The first-order valence-electron chi connectivity index (χ1n) is 10.9. The van der Waals surface area contributed by atoms with E-state index in [2.05, 4.69) is 63.3 Å². The number of ether oxygens (including phenoxy) is 2. The average Bonchev–Trinajstić information content (AvgIpc) is 2.97. The minimum absolute atomic E-state index is 0. The van der Waals surface area contributed by atoms with Crippen LogP contribution in [0.15, 0.2) is 23.2 Å². The van der Waals surface area contributed by atoms with Crippen LogP contribution in [0, 0.1) is 13.8 Å². The molecule has 0 spiro atoms. The van der Waals surface area contributed by atoms with Gasteiger partial charge in [-0.3, -0.25) is 9.67 Å². The molecule has 0 fully saturated rings. The lowest BCUT2D eigenvalue weighted by Crippen LogP contribution is -2.43. The van der Waals surface area contributed by atoms with Gasteiger partial charge >= 0.3 is 0 Å². The van der Waals surface area contributed by atoms with Crippen LogP contribution in [-0.2, 0) is 18.9 Å². The number of aryl methyl sites for hydroxylation is 2. The summed E-state index contributed by atoms with van der Waals surface area (Å²) in [6.45, 7) is 14.3. The Bertz CT molecular complexity index is 908. The van der Waals surface area contributed by atoms with Crippen molar-refractivity contribution in [3.8, 4) is 11.5 Å². The molecule has 0 saturated carbocycles. The van der Waals surface area contributed by atoms with Crippen LogP contribution < -0.4 is 20.1 Å². The van der Waals surface area contributed by atoms with Gasteiger partial charge in [0.25, 0.3) is 0 Å². The zero-order valence-corrected chi connectivity index (χ0v) is 23.3. The number of hydrogen-bond donors (Lipinski definition) is 2. The number of halogens is 1. The number of aromatic nitrogens is 2. The summed E-state index contributed by atoms with van der Waals surface area (Å²) in [7, 11) is 5.30. The summed E-state index contributed by atoms with van der Waals surface area (Å²) in [5.41, 5.74) is 4.58. The van der Waals surface area contributed by atoms with Gasteiger partial charge in [0.15, 0.2) is 17.5 Å². The second kappa shape index (κ2) is 12.3. The maximum Gasteiger partial charge on any atom is 0.191 e. The molecule has 1 unspecified atom stereocenters. The second-order valence-corrected chi connectivity index (χ2v) is 8.67. The van der Waals surface area contributed by atoms with E-state index >= 15 is 0 Å². The first-order chi connectivity index (χ1) is 14.6. The number of nitrogens with zero attached hydrogens (tertiary/aromatic N) is 3. The molecule has 32 heavy (non-hydrogen) atoms. The van der Waals surface area contributed by atoms with Crippen molar-refractivity contribution in [3.05, 3.63) is 40.7 Å². The van der Waals surface area contributed by atoms with Crippen LogP contribution in [0.3, 0.4) is 0 Å². The van der Waals surface area contributed by atoms with E-state index < -0.39 is 0 Å². The lowest BCUT2D eigenvalue weighted by atomic mass is 9.84. The highest BCUT2D eigenvalue weighted by Crippen LogP contribution is 2.33. The lowest BCUT2D eigenvalue weighted by molar-refractivity contribution is 0.353. The van der Waals surface area contributed by atoms with Crippen molar-refractivity contribution in [2.45, 2.75) is 59.4 Å². The average molecular weight is 558 g/mol. The molecule has 0 amide bonds. The number of rotatable bonds is 9. The van der Waals surface area contributed by atoms with Crippen molar-refractivity contribution < 1.29 is 9.47 Å². The van der Waals surface area contributed by atoms with Gasteiger partial charge in [0.2, 0.25) is 0 Å². The standard InChI is InChI=1S/C24H39N5O2.HI/c1-10-25-23(27-16(2)13-20-17(3)28-29(7)18(20)4)26-15-24(5,6)19-11-12-21(30-8)22(14-19)31-9;/h11-12,14,16H,10,13,15H2,1-9H3,(H2,25,26,27);1H. The number of benzene rings is 1. The van der Waals surface area contributed by atoms with Gasteiger partial charge in [0.1, 0.15) is 0 Å². The SMILES string of the molecule is CCNC(=NCC(C)(C)c1ccc(OC)c(OC)c1)NC(C)Cc1c(C)nn(C)c1C.I. The van der Waals surface area contributed by atoms with Crippen molar-refractivity contribution in [1.29, 1.82) is 0 Å². The zero-order valence-electron chi connectivity index (χ0n) is 21.0. The molecule has 0 aliphatic rings. The third kappa shape index (κ3) is 7.02. The highest BCUT2D eigenvalue weighted by atomic mass is 127. The smallest absolute Gasteiger partial charge is 0.191 e. The summed E-state index contributed by atoms with van der Waals surface area (Å²) in [5, 5.41) is 11.5. The van der Waals surface area contributed by atoms with E-state index in [1.165, 1.54) is 11.3 Å². The molecule has 1 atom stereocenters. The van der Waals surface area contributed by atoms with Gasteiger partial charge < -0.3 is 20.1 Å². The fourth-order valence-corrected chi connectivity index (χ4v) is 3.65. The van der Waals surface area contributed by atoms with Crippen molar-refractivity contribution in [1.82, 2.24) is 20.4 Å². The summed E-state index contributed by atoms with van der Waals surface area (Å²) in [4.78, 5) is 4.89. The zero-order chi connectivity index (χ0) is 23.2. The molecular formula is C24H40IN5O2. The topological polar surface area (TPSA) is 72.7 Å². The van der Waals surface area contributed by atoms with E-state index in [9.17, 15) is 0 Å². The highest BCUT2D eigenvalue weighted by molar-refractivity contribution is 14.0. The molecule has 0 aliphatic heterocycles. The fourth-order valence-electron chi connectivity index (χ4n) is 3.65. The normalized spacial score (nSPS) is 12.7. The fraction of sp³-hybridized carbons (Fsp3) is 0.583. The number of methoxy groups -OCH3 is 2. The van der Waals surface area contributed by atoms with Crippen LogP contribution in [-0.4, -0.2) is 49.1 Å². The third-order valence-corrected chi connectivity index (χ3v) is 5.69. The molecule has 8 heteroatoms. The molecule has 7 nitrogen and oxygen atoms in total. The van der Waals surface area contributed by atoms with Gasteiger partial charge in [-0.15, -0.1) is 24.0 Å². The number of nitrogens with one attached hydrogen (secondary N) is 2. The van der Waals surface area contributed by atoms with E-state index in [1.54, 1.807) is 14.2 Å². The van der Waals surface area contributed by atoms with E-state index in [1.807, 2.05) is 23.9 Å². The maximum atomic E-state index is 5.47. The minimum atomic E-state index is -0.165. The Labute approximate surface area is 210 Å². The first-order valence-corrected chi connectivity index (χ1v) is 10.9. The van der Waals surface area contributed by atoms with Gasteiger partial charge in [0.05, 0.1) is 26.5 Å². The van der Waals surface area contributed by atoms with Gasteiger partial charge in [-0.2, -0.15) is 5.10 Å². The van der Waals surface area contributed by atoms with Crippen molar-refractivity contribution >= 4 is 29.9 Å². The summed E-state index contributed by atoms with van der Waals surface area (Å²) < 4.78 is 12.8. The summed E-state index contributed by atoms with van der Waals surface area (Å²) >= 11 is 0. The molecule has 0 radical (unpaired) electrons. The van der Waals surface area contributed by atoms with Crippen LogP contribution in [0.4, 0.5) is 0 Å². The Hall–Kier alpha value is -1.97. The van der Waals surface area contributed by atoms with Crippen LogP contribution in [0.1, 0.15) is 50.2 Å². The van der Waals surface area contributed by atoms with E-state index in [4.69, 9.17) is 14.5 Å². The maximum absolute atomic E-state index is 5.47. The van der Waals surface area contributed by atoms with Crippen molar-refractivity contribution in [3.63, 3.8) is 0 Å². The predicted molar refractivity (Wildman–Crippen MR) is 143 cm³/mol. The quantitative estimate of drug-likeness (QED) is 0.276. The summed E-state index contributed by atoms with van der Waals surface area (Å²) in [6.07, 6.45) is 0.898. The number of hydrogen-bond acceptors (Lipinski definition) is 4. The highest BCUT2D eigenvalue weighted by Gasteiger charge is 2.23. The molecule has 2 rings (SSSR count). The number of guanidine groups is 1. The molecule has 1 heterocycles. The van der Waals surface area contributed by atoms with Gasteiger partial charge in [0, 0.05) is 30.7 Å². The molecule has 2 N–H and O–H groups in total. The Morgan fingerprint density at radius 1 is 1.19 bits per heavy atom. The molecule has 0 bridgehead atoms. The van der Waals surface area contributed by atoms with E-state index in [0.717, 1.165) is 41.7 Å². The molecule has 0 aliphatic carbocycles. The van der Waals surface area contributed by atoms with Crippen molar-refractivity contribution in [2.24, 2.45) is 12.0 Å². The Kier molecular flexibility index (Phi) is 10.8. The Morgan fingerprint density at radius 3 is 2.38 bits per heavy atom. The number of aliphatic imine (C=N–C) groups is 1. The monoisotopic (exact) mass is 557 g/mol. The molecular weight excluding hydrogens is 517 g/mol. The predicted octanol–water partition coefficient (Wildman–Crippen LogP) is 4.14. The second-order valence-electron chi connectivity index (χ2n) is 8.67. The van der Waals surface area contributed by atoms with Crippen molar-refractivity contribution in [2.75, 3.05) is 27.3 Å². The van der Waals surface area contributed by atoms with Gasteiger partial charge in [-0.05, 0) is 57.4 Å². The molecule has 180 valence electrons. The first kappa shape index (κ1) is 28.1. The lowest BCUT2D eigenvalue weighted by Gasteiger charge is -2.25. The molecule has 0 saturated heterocycles. The largest absolute Gasteiger partial charge is 0.493 e. The summed E-state index contributed by atoms with van der Waals surface area (Å²) in [5.74, 6) is 2.29. The van der Waals surface area contributed by atoms with Gasteiger partial charge in [-0.1, -0.05) is 19.9 Å². The summed E-state index contributed by atoms with van der Waals surface area (Å²) in [6, 6.07) is 6.28. The van der Waals surface area contributed by atoms with Crippen LogP contribution in [0.2, 0.25) is 0 Å². The van der Waals surface area contributed by atoms with Crippen LogP contribution in [0.5, 0.6) is 11.5 Å².